The summed E-state index contributed by atoms with van der Waals surface area (Å²) in [6.45, 7) is 4.49. The number of imidazole rings is 1. The van der Waals surface area contributed by atoms with Crippen molar-refractivity contribution in [2.75, 3.05) is 33.2 Å². The molecule has 5 nitrogen and oxygen atoms in total. The van der Waals surface area contributed by atoms with Crippen LogP contribution in [0.25, 0.3) is 11.2 Å². The van der Waals surface area contributed by atoms with Crippen molar-refractivity contribution >= 4 is 11.2 Å². The van der Waals surface area contributed by atoms with E-state index < -0.39 is 0 Å². The average Bonchev–Trinajstić information content (AvgIpc) is 3.11. The van der Waals surface area contributed by atoms with Crippen molar-refractivity contribution < 1.29 is 0 Å². The Morgan fingerprint density at radius 2 is 2.10 bits per heavy atom. The first-order valence-electron chi connectivity index (χ1n) is 8.05. The summed E-state index contributed by atoms with van der Waals surface area (Å²) in [6.07, 6.45) is 5.47. The lowest BCUT2D eigenvalue weighted by molar-refractivity contribution is 0.379. The minimum atomic E-state index is 0.528. The third kappa shape index (κ3) is 2.34. The van der Waals surface area contributed by atoms with Crippen LogP contribution in [0.4, 0.5) is 0 Å². The Bertz CT molecular complexity index is 629. The number of fused-ring (bicyclic) bond motifs is 1. The van der Waals surface area contributed by atoms with Crippen molar-refractivity contribution in [2.45, 2.75) is 31.2 Å². The van der Waals surface area contributed by atoms with Gasteiger partial charge in [0.1, 0.15) is 11.3 Å². The molecule has 0 saturated carbocycles. The predicted molar refractivity (Wildman–Crippen MR) is 83.5 cm³/mol. The minimum absolute atomic E-state index is 0.528. The van der Waals surface area contributed by atoms with Gasteiger partial charge in [0.2, 0.25) is 0 Å². The summed E-state index contributed by atoms with van der Waals surface area (Å²) >= 11 is 0. The lowest BCUT2D eigenvalue weighted by atomic mass is 9.97. The number of hydrogen-bond acceptors (Lipinski definition) is 4. The van der Waals surface area contributed by atoms with Crippen LogP contribution < -0.4 is 5.32 Å². The Morgan fingerprint density at radius 1 is 1.24 bits per heavy atom. The highest BCUT2D eigenvalue weighted by Crippen LogP contribution is 2.33. The maximum atomic E-state index is 4.96. The highest BCUT2D eigenvalue weighted by molar-refractivity contribution is 5.71. The fourth-order valence-corrected chi connectivity index (χ4v) is 3.80. The molecule has 2 aliphatic heterocycles. The van der Waals surface area contributed by atoms with Crippen LogP contribution in [0.15, 0.2) is 18.3 Å². The van der Waals surface area contributed by atoms with E-state index in [0.717, 1.165) is 30.8 Å². The summed E-state index contributed by atoms with van der Waals surface area (Å²) in [6, 6.07) is 4.62. The zero-order valence-electron chi connectivity index (χ0n) is 12.6. The summed E-state index contributed by atoms with van der Waals surface area (Å²) in [7, 11) is 2.21. The molecule has 112 valence electrons. The summed E-state index contributed by atoms with van der Waals surface area (Å²) in [4.78, 5) is 12.0. The van der Waals surface area contributed by atoms with Gasteiger partial charge in [0.05, 0.1) is 6.04 Å². The first-order valence-corrected chi connectivity index (χ1v) is 8.05. The van der Waals surface area contributed by atoms with Crippen LogP contribution in [0.3, 0.4) is 0 Å². The molecular formula is C16H23N5. The number of rotatable bonds is 2. The summed E-state index contributed by atoms with van der Waals surface area (Å²) in [5.41, 5.74) is 2.13. The Hall–Kier alpha value is -1.46. The number of nitrogens with one attached hydrogen (secondary N) is 1. The van der Waals surface area contributed by atoms with E-state index in [1.807, 2.05) is 12.3 Å². The predicted octanol–water partition coefficient (Wildman–Crippen LogP) is 1.77. The number of aromatic nitrogens is 3. The molecule has 1 atom stereocenters. The van der Waals surface area contributed by atoms with Crippen LogP contribution in [0.5, 0.6) is 0 Å². The first kappa shape index (κ1) is 13.2. The Labute approximate surface area is 125 Å². The van der Waals surface area contributed by atoms with Crippen molar-refractivity contribution in [1.82, 2.24) is 24.8 Å². The number of likely N-dealkylation sites (tertiary alicyclic amines) is 1. The SMILES string of the molecule is CN1CCC(n2c(C3CCNCC3)nc3cccnc32)C1. The van der Waals surface area contributed by atoms with Crippen LogP contribution in [0.1, 0.15) is 37.0 Å². The minimum Gasteiger partial charge on any atom is -0.317 e. The molecule has 1 unspecified atom stereocenters. The monoisotopic (exact) mass is 285 g/mol. The highest BCUT2D eigenvalue weighted by Gasteiger charge is 2.29. The molecule has 2 aliphatic rings. The Morgan fingerprint density at radius 3 is 2.86 bits per heavy atom. The van der Waals surface area contributed by atoms with Gasteiger partial charge in [-0.25, -0.2) is 9.97 Å². The molecule has 2 aromatic rings. The summed E-state index contributed by atoms with van der Waals surface area (Å²) in [5, 5.41) is 3.45. The molecule has 0 aromatic carbocycles. The van der Waals surface area contributed by atoms with Crippen molar-refractivity contribution in [2.24, 2.45) is 0 Å². The maximum Gasteiger partial charge on any atom is 0.160 e. The maximum absolute atomic E-state index is 4.96. The molecule has 2 fully saturated rings. The second kappa shape index (κ2) is 5.39. The zero-order valence-corrected chi connectivity index (χ0v) is 12.6. The van der Waals surface area contributed by atoms with Gasteiger partial charge in [0.25, 0.3) is 0 Å². The van der Waals surface area contributed by atoms with Gasteiger partial charge in [-0.15, -0.1) is 0 Å². The number of pyridine rings is 1. The fraction of sp³-hybridized carbons (Fsp3) is 0.625. The van der Waals surface area contributed by atoms with Gasteiger partial charge in [0, 0.05) is 18.7 Å². The van der Waals surface area contributed by atoms with E-state index in [4.69, 9.17) is 4.98 Å². The molecule has 0 spiro atoms. The molecule has 5 heteroatoms. The average molecular weight is 285 g/mol. The number of likely N-dealkylation sites (N-methyl/N-ethyl adjacent to an activating group) is 1. The van der Waals surface area contributed by atoms with Gasteiger partial charge in [-0.2, -0.15) is 0 Å². The van der Waals surface area contributed by atoms with Crippen molar-refractivity contribution in [3.05, 3.63) is 24.2 Å². The lowest BCUT2D eigenvalue weighted by Gasteiger charge is -2.25. The van der Waals surface area contributed by atoms with Crippen LogP contribution in [-0.4, -0.2) is 52.7 Å². The largest absolute Gasteiger partial charge is 0.317 e. The van der Waals surface area contributed by atoms with Gasteiger partial charge < -0.3 is 14.8 Å². The number of piperidine rings is 1. The molecule has 4 heterocycles. The van der Waals surface area contributed by atoms with E-state index in [0.29, 0.717) is 12.0 Å². The Kier molecular flexibility index (Phi) is 3.39. The summed E-state index contributed by atoms with van der Waals surface area (Å²) < 4.78 is 2.45. The molecule has 2 aromatic heterocycles. The third-order valence-corrected chi connectivity index (χ3v) is 4.91. The van der Waals surface area contributed by atoms with E-state index in [1.165, 1.54) is 31.6 Å². The Balaban J connectivity index is 1.80. The number of hydrogen-bond donors (Lipinski definition) is 1. The third-order valence-electron chi connectivity index (χ3n) is 4.91. The smallest absolute Gasteiger partial charge is 0.160 e. The molecule has 0 amide bonds. The molecule has 0 radical (unpaired) electrons. The second-order valence-electron chi connectivity index (χ2n) is 6.42. The highest BCUT2D eigenvalue weighted by atomic mass is 15.2. The topological polar surface area (TPSA) is 46.0 Å². The van der Waals surface area contributed by atoms with Crippen LogP contribution in [0, 0.1) is 0 Å². The van der Waals surface area contributed by atoms with Gasteiger partial charge in [-0.1, -0.05) is 0 Å². The normalized spacial score (nSPS) is 24.9. The van der Waals surface area contributed by atoms with Crippen LogP contribution in [-0.2, 0) is 0 Å². The van der Waals surface area contributed by atoms with Gasteiger partial charge >= 0.3 is 0 Å². The second-order valence-corrected chi connectivity index (χ2v) is 6.42. The molecule has 21 heavy (non-hydrogen) atoms. The molecule has 0 bridgehead atoms. The lowest BCUT2D eigenvalue weighted by Crippen LogP contribution is -2.29. The fourth-order valence-electron chi connectivity index (χ4n) is 3.80. The molecule has 2 saturated heterocycles. The number of nitrogens with zero attached hydrogens (tertiary/aromatic N) is 4. The van der Waals surface area contributed by atoms with E-state index in [-0.39, 0.29) is 0 Å². The summed E-state index contributed by atoms with van der Waals surface area (Å²) in [5.74, 6) is 1.84. The molecule has 4 rings (SSSR count). The van der Waals surface area contributed by atoms with Crippen molar-refractivity contribution in [3.63, 3.8) is 0 Å². The van der Waals surface area contributed by atoms with E-state index >= 15 is 0 Å². The van der Waals surface area contributed by atoms with Crippen molar-refractivity contribution in [3.8, 4) is 0 Å². The van der Waals surface area contributed by atoms with Gasteiger partial charge in [-0.3, -0.25) is 0 Å². The first-order chi connectivity index (χ1) is 10.3. The molecule has 0 aliphatic carbocycles. The molecule has 1 N–H and O–H groups in total. The van der Waals surface area contributed by atoms with E-state index in [9.17, 15) is 0 Å². The standard InChI is InChI=1S/C16H23N5/c1-20-10-6-13(11-20)21-15(12-4-8-17-9-5-12)19-14-3-2-7-18-16(14)21/h2-3,7,12-13,17H,4-6,8-11H2,1H3. The van der Waals surface area contributed by atoms with Gasteiger partial charge in [-0.05, 0) is 58.1 Å². The molecular weight excluding hydrogens is 262 g/mol. The van der Waals surface area contributed by atoms with Crippen LogP contribution >= 0.6 is 0 Å². The quantitative estimate of drug-likeness (QED) is 0.913. The van der Waals surface area contributed by atoms with E-state index in [1.54, 1.807) is 0 Å². The van der Waals surface area contributed by atoms with E-state index in [2.05, 4.69) is 32.9 Å². The van der Waals surface area contributed by atoms with Crippen LogP contribution in [0.2, 0.25) is 0 Å². The zero-order chi connectivity index (χ0) is 14.2. The van der Waals surface area contributed by atoms with Gasteiger partial charge in [0.15, 0.2) is 5.65 Å². The van der Waals surface area contributed by atoms with Crippen molar-refractivity contribution in [1.29, 1.82) is 0 Å².